The molecule has 4 heteroatoms. The van der Waals surface area contributed by atoms with Gasteiger partial charge in [-0.1, -0.05) is 38.3 Å². The second-order valence-electron chi connectivity index (χ2n) is 5.47. The third-order valence-corrected chi connectivity index (χ3v) is 4.09. The first-order valence-electron chi connectivity index (χ1n) is 7.70. The van der Waals surface area contributed by atoms with Crippen molar-refractivity contribution in [1.29, 1.82) is 0 Å². The summed E-state index contributed by atoms with van der Waals surface area (Å²) in [6, 6.07) is 7.91. The lowest BCUT2D eigenvalue weighted by Crippen LogP contribution is -2.59. The highest BCUT2D eigenvalue weighted by Crippen LogP contribution is 2.38. The van der Waals surface area contributed by atoms with Gasteiger partial charge < -0.3 is 14.4 Å². The molecule has 0 spiro atoms. The fourth-order valence-electron chi connectivity index (χ4n) is 2.89. The minimum absolute atomic E-state index is 0.0132. The fraction of sp³-hybridized carbons (Fsp3) is 0.588. The molecule has 1 heterocycles. The molecular formula is C17H25NO3. The maximum absolute atomic E-state index is 12.2. The van der Waals surface area contributed by atoms with Crippen LogP contribution in [0.25, 0.3) is 0 Å². The summed E-state index contributed by atoms with van der Waals surface area (Å²) < 4.78 is 10.6. The lowest BCUT2D eigenvalue weighted by atomic mass is 9.90. The number of rotatable bonds is 8. The number of β-lactam (4-membered cyclic amide) rings is 1. The molecule has 0 saturated carbocycles. The lowest BCUT2D eigenvalue weighted by Gasteiger charge is -2.46. The SMILES string of the molecule is CCCCCCN1C(=O)[C@H](OC)[C@@H]1c1cccc(OC)c1. The number of methoxy groups -OCH3 is 2. The first-order valence-corrected chi connectivity index (χ1v) is 7.70. The molecule has 0 N–H and O–H groups in total. The van der Waals surface area contributed by atoms with E-state index in [-0.39, 0.29) is 18.1 Å². The number of hydrogen-bond acceptors (Lipinski definition) is 3. The lowest BCUT2D eigenvalue weighted by molar-refractivity contribution is -0.171. The number of carbonyl (C=O) groups is 1. The first kappa shape index (κ1) is 15.8. The highest BCUT2D eigenvalue weighted by Gasteiger charge is 2.48. The number of ether oxygens (including phenoxy) is 2. The number of benzene rings is 1. The molecule has 116 valence electrons. The molecule has 2 atom stereocenters. The van der Waals surface area contributed by atoms with E-state index in [9.17, 15) is 4.79 Å². The molecule has 1 aliphatic rings. The number of hydrogen-bond donors (Lipinski definition) is 0. The number of unbranched alkanes of at least 4 members (excludes halogenated alkanes) is 3. The van der Waals surface area contributed by atoms with Gasteiger partial charge in [-0.05, 0) is 24.1 Å². The summed E-state index contributed by atoms with van der Waals surface area (Å²) in [6.45, 7) is 3.00. The zero-order chi connectivity index (χ0) is 15.2. The minimum Gasteiger partial charge on any atom is -0.497 e. The van der Waals surface area contributed by atoms with Gasteiger partial charge in [0.05, 0.1) is 13.2 Å². The fourth-order valence-corrected chi connectivity index (χ4v) is 2.89. The Kier molecular flexibility index (Phi) is 5.62. The highest BCUT2D eigenvalue weighted by molar-refractivity contribution is 5.89. The van der Waals surface area contributed by atoms with E-state index in [1.165, 1.54) is 19.3 Å². The van der Waals surface area contributed by atoms with Gasteiger partial charge in [0, 0.05) is 13.7 Å². The molecule has 1 saturated heterocycles. The van der Waals surface area contributed by atoms with Crippen LogP contribution in [0, 0.1) is 0 Å². The van der Waals surface area contributed by atoms with Crippen LogP contribution in [0.4, 0.5) is 0 Å². The summed E-state index contributed by atoms with van der Waals surface area (Å²) >= 11 is 0. The third kappa shape index (κ3) is 3.38. The summed E-state index contributed by atoms with van der Waals surface area (Å²) in [4.78, 5) is 14.1. The first-order chi connectivity index (χ1) is 10.2. The van der Waals surface area contributed by atoms with Crippen molar-refractivity contribution in [2.24, 2.45) is 0 Å². The van der Waals surface area contributed by atoms with Crippen LogP contribution in [0.3, 0.4) is 0 Å². The molecule has 1 fully saturated rings. The van der Waals surface area contributed by atoms with Gasteiger partial charge in [0.1, 0.15) is 5.75 Å². The quantitative estimate of drug-likeness (QED) is 0.545. The Labute approximate surface area is 127 Å². The maximum Gasteiger partial charge on any atom is 0.254 e. The molecule has 2 rings (SSSR count). The molecule has 0 bridgehead atoms. The van der Waals surface area contributed by atoms with Gasteiger partial charge in [-0.25, -0.2) is 0 Å². The normalized spacial score (nSPS) is 21.3. The van der Waals surface area contributed by atoms with Crippen molar-refractivity contribution in [2.45, 2.75) is 44.8 Å². The second kappa shape index (κ2) is 7.46. The Bertz CT molecular complexity index is 475. The Balaban J connectivity index is 2.07. The van der Waals surface area contributed by atoms with E-state index in [2.05, 4.69) is 6.92 Å². The van der Waals surface area contributed by atoms with Crippen LogP contribution in [-0.4, -0.2) is 37.7 Å². The molecule has 0 aliphatic carbocycles. The van der Waals surface area contributed by atoms with Crippen molar-refractivity contribution in [2.75, 3.05) is 20.8 Å². The van der Waals surface area contributed by atoms with Crippen LogP contribution in [0.15, 0.2) is 24.3 Å². The van der Waals surface area contributed by atoms with E-state index in [4.69, 9.17) is 9.47 Å². The van der Waals surface area contributed by atoms with E-state index in [0.29, 0.717) is 0 Å². The monoisotopic (exact) mass is 291 g/mol. The van der Waals surface area contributed by atoms with Crippen LogP contribution >= 0.6 is 0 Å². The molecule has 1 aliphatic heterocycles. The molecule has 0 radical (unpaired) electrons. The average molecular weight is 291 g/mol. The topological polar surface area (TPSA) is 38.8 Å². The van der Waals surface area contributed by atoms with Crippen LogP contribution in [-0.2, 0) is 9.53 Å². The second-order valence-corrected chi connectivity index (χ2v) is 5.47. The molecule has 4 nitrogen and oxygen atoms in total. The van der Waals surface area contributed by atoms with E-state index in [0.717, 1.165) is 24.3 Å². The van der Waals surface area contributed by atoms with Gasteiger partial charge in [-0.3, -0.25) is 4.79 Å². The van der Waals surface area contributed by atoms with Gasteiger partial charge in [0.25, 0.3) is 5.91 Å². The number of nitrogens with zero attached hydrogens (tertiary/aromatic N) is 1. The minimum atomic E-state index is -0.358. The molecule has 0 unspecified atom stereocenters. The predicted molar refractivity (Wildman–Crippen MR) is 82.4 cm³/mol. The maximum atomic E-state index is 12.2. The van der Waals surface area contributed by atoms with E-state index in [1.807, 2.05) is 29.2 Å². The van der Waals surface area contributed by atoms with Gasteiger partial charge in [-0.2, -0.15) is 0 Å². The molecule has 1 amide bonds. The third-order valence-electron chi connectivity index (χ3n) is 4.09. The Morgan fingerprint density at radius 2 is 2.00 bits per heavy atom. The number of amides is 1. The molecule has 1 aromatic carbocycles. The van der Waals surface area contributed by atoms with Crippen LogP contribution in [0.2, 0.25) is 0 Å². The molecular weight excluding hydrogens is 266 g/mol. The summed E-state index contributed by atoms with van der Waals surface area (Å²) in [7, 11) is 3.26. The number of likely N-dealkylation sites (tertiary alicyclic amines) is 1. The van der Waals surface area contributed by atoms with Gasteiger partial charge in [0.15, 0.2) is 6.10 Å². The van der Waals surface area contributed by atoms with Crippen molar-refractivity contribution in [3.8, 4) is 5.75 Å². The Hall–Kier alpha value is -1.55. The van der Waals surface area contributed by atoms with Crippen molar-refractivity contribution >= 4 is 5.91 Å². The smallest absolute Gasteiger partial charge is 0.254 e. The molecule has 21 heavy (non-hydrogen) atoms. The number of carbonyl (C=O) groups excluding carboxylic acids is 1. The Morgan fingerprint density at radius 3 is 2.67 bits per heavy atom. The van der Waals surface area contributed by atoms with Gasteiger partial charge in [0.2, 0.25) is 0 Å². The Morgan fingerprint density at radius 1 is 1.19 bits per heavy atom. The van der Waals surface area contributed by atoms with Crippen LogP contribution in [0.1, 0.15) is 44.2 Å². The average Bonchev–Trinajstić information content (AvgIpc) is 2.52. The highest BCUT2D eigenvalue weighted by atomic mass is 16.5. The van der Waals surface area contributed by atoms with Gasteiger partial charge >= 0.3 is 0 Å². The van der Waals surface area contributed by atoms with Crippen LogP contribution < -0.4 is 4.74 Å². The largest absolute Gasteiger partial charge is 0.497 e. The predicted octanol–water partition coefficient (Wildman–Crippen LogP) is 3.17. The van der Waals surface area contributed by atoms with Crippen molar-refractivity contribution in [3.63, 3.8) is 0 Å². The van der Waals surface area contributed by atoms with E-state index < -0.39 is 0 Å². The van der Waals surface area contributed by atoms with Crippen LogP contribution in [0.5, 0.6) is 5.75 Å². The summed E-state index contributed by atoms with van der Waals surface area (Å²) in [5, 5.41) is 0. The summed E-state index contributed by atoms with van der Waals surface area (Å²) in [6.07, 6.45) is 4.29. The van der Waals surface area contributed by atoms with Crippen molar-refractivity contribution < 1.29 is 14.3 Å². The summed E-state index contributed by atoms with van der Waals surface area (Å²) in [5.74, 6) is 0.912. The molecule has 0 aromatic heterocycles. The summed E-state index contributed by atoms with van der Waals surface area (Å²) in [5.41, 5.74) is 1.08. The van der Waals surface area contributed by atoms with Crippen molar-refractivity contribution in [1.82, 2.24) is 4.90 Å². The van der Waals surface area contributed by atoms with Crippen molar-refractivity contribution in [3.05, 3.63) is 29.8 Å². The zero-order valence-electron chi connectivity index (χ0n) is 13.2. The van der Waals surface area contributed by atoms with Gasteiger partial charge in [-0.15, -0.1) is 0 Å². The standard InChI is InChI=1S/C17H25NO3/c1-4-5-6-7-11-18-15(16(21-3)17(18)19)13-9-8-10-14(12-13)20-2/h8-10,12,15-16H,4-7,11H2,1-3H3/t15-,16+/m0/s1. The van der Waals surface area contributed by atoms with E-state index >= 15 is 0 Å². The van der Waals surface area contributed by atoms with E-state index in [1.54, 1.807) is 14.2 Å². The zero-order valence-corrected chi connectivity index (χ0v) is 13.2. The molecule has 1 aromatic rings.